The van der Waals surface area contributed by atoms with Crippen molar-refractivity contribution in [3.63, 3.8) is 0 Å². The van der Waals surface area contributed by atoms with E-state index in [2.05, 4.69) is 20.3 Å². The number of methoxy groups -OCH3 is 2. The number of nitrogens with one attached hydrogen (secondary N) is 1. The third-order valence-electron chi connectivity index (χ3n) is 2.37. The number of aromatic nitrogens is 3. The quantitative estimate of drug-likeness (QED) is 0.809. The number of carbonyl (C=O) groups is 1. The number of hydrogen-bond acceptors (Lipinski definition) is 7. The molecule has 2 aromatic heterocycles. The second-order valence-electron chi connectivity index (χ2n) is 3.79. The minimum atomic E-state index is -0.234. The molecule has 0 aliphatic carbocycles. The lowest BCUT2D eigenvalue weighted by molar-refractivity contribution is -0.116. The molecule has 0 aliphatic heterocycles. The molecule has 110 valence electrons. The van der Waals surface area contributed by atoms with Crippen LogP contribution in [0.3, 0.4) is 0 Å². The summed E-state index contributed by atoms with van der Waals surface area (Å²) in [4.78, 5) is 24.6. The largest absolute Gasteiger partial charge is 0.467 e. The van der Waals surface area contributed by atoms with Crippen molar-refractivity contribution in [1.29, 1.82) is 0 Å². The molecule has 0 aliphatic rings. The summed E-state index contributed by atoms with van der Waals surface area (Å²) >= 11 is 1.56. The first-order valence-electron chi connectivity index (χ1n) is 6.03. The lowest BCUT2D eigenvalue weighted by atomic mass is 10.4. The predicted molar refractivity (Wildman–Crippen MR) is 78.1 cm³/mol. The van der Waals surface area contributed by atoms with Gasteiger partial charge in [0, 0.05) is 11.0 Å². The Kier molecular flexibility index (Phi) is 5.22. The van der Waals surface area contributed by atoms with E-state index in [1.165, 1.54) is 20.3 Å². The highest BCUT2D eigenvalue weighted by Crippen LogP contribution is 2.10. The summed E-state index contributed by atoms with van der Waals surface area (Å²) in [6.45, 7) is 0.156. The standard InChI is InChI=1S/C13H14N4O3S/c1-19-12-15-10(16-13(17-12)20-2)8-14-11(18)6-5-9-4-3-7-21-9/h3-7H,8H2,1-2H3,(H,14,18). The van der Waals surface area contributed by atoms with Gasteiger partial charge in [-0.2, -0.15) is 9.97 Å². The Morgan fingerprint density at radius 3 is 2.57 bits per heavy atom. The van der Waals surface area contributed by atoms with E-state index in [9.17, 15) is 4.79 Å². The van der Waals surface area contributed by atoms with Crippen LogP contribution in [-0.4, -0.2) is 35.1 Å². The maximum Gasteiger partial charge on any atom is 0.322 e. The van der Waals surface area contributed by atoms with Crippen molar-refractivity contribution in [2.24, 2.45) is 0 Å². The van der Waals surface area contributed by atoms with E-state index in [0.29, 0.717) is 5.82 Å². The minimum absolute atomic E-state index is 0.139. The van der Waals surface area contributed by atoms with Crippen LogP contribution in [0.5, 0.6) is 12.0 Å². The van der Waals surface area contributed by atoms with Gasteiger partial charge in [0.05, 0.1) is 20.8 Å². The number of nitrogens with zero attached hydrogens (tertiary/aromatic N) is 3. The first-order chi connectivity index (χ1) is 10.2. The lowest BCUT2D eigenvalue weighted by Crippen LogP contribution is -2.22. The summed E-state index contributed by atoms with van der Waals surface area (Å²) in [5.41, 5.74) is 0. The second-order valence-corrected chi connectivity index (χ2v) is 4.77. The van der Waals surface area contributed by atoms with E-state index in [1.54, 1.807) is 17.4 Å². The fraction of sp³-hybridized carbons (Fsp3) is 0.231. The van der Waals surface area contributed by atoms with Gasteiger partial charge in [0.1, 0.15) is 0 Å². The predicted octanol–water partition coefficient (Wildman–Crippen LogP) is 1.28. The van der Waals surface area contributed by atoms with Crippen molar-refractivity contribution in [1.82, 2.24) is 20.3 Å². The molecule has 0 fully saturated rings. The summed E-state index contributed by atoms with van der Waals surface area (Å²) < 4.78 is 9.87. The van der Waals surface area contributed by atoms with E-state index < -0.39 is 0 Å². The number of ether oxygens (including phenoxy) is 2. The van der Waals surface area contributed by atoms with Gasteiger partial charge in [0.2, 0.25) is 5.91 Å². The molecule has 0 aromatic carbocycles. The molecule has 8 heteroatoms. The molecule has 0 saturated carbocycles. The van der Waals surface area contributed by atoms with Gasteiger partial charge >= 0.3 is 12.0 Å². The van der Waals surface area contributed by atoms with E-state index in [0.717, 1.165) is 4.88 Å². The Balaban J connectivity index is 1.94. The molecule has 0 radical (unpaired) electrons. The topological polar surface area (TPSA) is 86.2 Å². The lowest BCUT2D eigenvalue weighted by Gasteiger charge is -2.05. The molecular weight excluding hydrogens is 292 g/mol. The molecule has 0 saturated heterocycles. The van der Waals surface area contributed by atoms with Gasteiger partial charge in [-0.1, -0.05) is 6.07 Å². The van der Waals surface area contributed by atoms with Crippen molar-refractivity contribution < 1.29 is 14.3 Å². The van der Waals surface area contributed by atoms with Crippen molar-refractivity contribution in [2.75, 3.05) is 14.2 Å². The maximum absolute atomic E-state index is 11.7. The van der Waals surface area contributed by atoms with Crippen molar-refractivity contribution >= 4 is 23.3 Å². The van der Waals surface area contributed by atoms with E-state index in [-0.39, 0.29) is 24.5 Å². The van der Waals surface area contributed by atoms with Crippen LogP contribution in [0.15, 0.2) is 23.6 Å². The van der Waals surface area contributed by atoms with Crippen LogP contribution in [0.25, 0.3) is 6.08 Å². The molecule has 0 bridgehead atoms. The van der Waals surface area contributed by atoms with Crippen LogP contribution in [-0.2, 0) is 11.3 Å². The Morgan fingerprint density at radius 2 is 2.00 bits per heavy atom. The molecule has 0 atom stereocenters. The number of thiophene rings is 1. The summed E-state index contributed by atoms with van der Waals surface area (Å²) in [7, 11) is 2.89. The third-order valence-corrected chi connectivity index (χ3v) is 3.21. The van der Waals surface area contributed by atoms with E-state index in [1.807, 2.05) is 17.5 Å². The van der Waals surface area contributed by atoms with Crippen LogP contribution < -0.4 is 14.8 Å². The van der Waals surface area contributed by atoms with Crippen LogP contribution in [0.2, 0.25) is 0 Å². The fourth-order valence-corrected chi connectivity index (χ4v) is 2.03. The monoisotopic (exact) mass is 306 g/mol. The van der Waals surface area contributed by atoms with Gasteiger partial charge in [0.25, 0.3) is 0 Å². The van der Waals surface area contributed by atoms with Crippen molar-refractivity contribution in [3.05, 3.63) is 34.3 Å². The van der Waals surface area contributed by atoms with Gasteiger partial charge in [-0.05, 0) is 17.5 Å². The van der Waals surface area contributed by atoms with Crippen molar-refractivity contribution in [3.8, 4) is 12.0 Å². The Morgan fingerprint density at radius 1 is 1.29 bits per heavy atom. The SMILES string of the molecule is COc1nc(CNC(=O)C=Cc2cccs2)nc(OC)n1. The zero-order valence-electron chi connectivity index (χ0n) is 11.6. The normalized spacial score (nSPS) is 10.6. The van der Waals surface area contributed by atoms with Gasteiger partial charge in [-0.3, -0.25) is 4.79 Å². The molecule has 21 heavy (non-hydrogen) atoms. The number of hydrogen-bond donors (Lipinski definition) is 1. The second kappa shape index (κ2) is 7.34. The maximum atomic E-state index is 11.7. The first-order valence-corrected chi connectivity index (χ1v) is 6.91. The molecule has 1 amide bonds. The highest BCUT2D eigenvalue weighted by molar-refractivity contribution is 7.10. The van der Waals surface area contributed by atoms with Gasteiger partial charge in [-0.15, -0.1) is 16.3 Å². The van der Waals surface area contributed by atoms with Crippen LogP contribution >= 0.6 is 11.3 Å². The minimum Gasteiger partial charge on any atom is -0.467 e. The first kappa shape index (κ1) is 14.9. The molecule has 2 aromatic rings. The third kappa shape index (κ3) is 4.53. The molecule has 0 unspecified atom stereocenters. The molecule has 7 nitrogen and oxygen atoms in total. The highest BCUT2D eigenvalue weighted by Gasteiger charge is 2.07. The smallest absolute Gasteiger partial charge is 0.322 e. The van der Waals surface area contributed by atoms with Crippen LogP contribution in [0.1, 0.15) is 10.7 Å². The Labute approximate surface area is 125 Å². The van der Waals surface area contributed by atoms with E-state index in [4.69, 9.17) is 9.47 Å². The summed E-state index contributed by atoms with van der Waals surface area (Å²) in [5, 5.41) is 4.62. The zero-order valence-corrected chi connectivity index (χ0v) is 12.4. The van der Waals surface area contributed by atoms with E-state index >= 15 is 0 Å². The molecule has 0 spiro atoms. The average Bonchev–Trinajstić information content (AvgIpc) is 3.03. The Hall–Kier alpha value is -2.48. The Bertz CT molecular complexity index is 606. The number of amides is 1. The van der Waals surface area contributed by atoms with Crippen molar-refractivity contribution in [2.45, 2.75) is 6.54 Å². The molecule has 1 N–H and O–H groups in total. The average molecular weight is 306 g/mol. The van der Waals surface area contributed by atoms with Gasteiger partial charge < -0.3 is 14.8 Å². The number of carbonyl (C=O) groups excluding carboxylic acids is 1. The zero-order chi connectivity index (χ0) is 15.1. The van der Waals surface area contributed by atoms with Gasteiger partial charge in [0.15, 0.2) is 5.82 Å². The van der Waals surface area contributed by atoms with Gasteiger partial charge in [-0.25, -0.2) is 0 Å². The fourth-order valence-electron chi connectivity index (χ4n) is 1.41. The summed E-state index contributed by atoms with van der Waals surface area (Å²) in [6, 6.07) is 4.13. The molecule has 2 rings (SSSR count). The molecular formula is C13H14N4O3S. The highest BCUT2D eigenvalue weighted by atomic mass is 32.1. The number of rotatable bonds is 6. The van der Waals surface area contributed by atoms with Crippen LogP contribution in [0.4, 0.5) is 0 Å². The van der Waals surface area contributed by atoms with Crippen LogP contribution in [0, 0.1) is 0 Å². The summed E-state index contributed by atoms with van der Waals surface area (Å²) in [6.07, 6.45) is 3.20. The molecule has 2 heterocycles. The summed E-state index contributed by atoms with van der Waals surface area (Å²) in [5.74, 6) is 0.123.